The van der Waals surface area contributed by atoms with E-state index >= 15 is 0 Å². The topological polar surface area (TPSA) is 61.8 Å². The average Bonchev–Trinajstić information content (AvgIpc) is 2.61. The van der Waals surface area contributed by atoms with Crippen LogP contribution in [0.4, 0.5) is 0 Å². The normalized spacial score (nSPS) is 13.2. The molecule has 0 saturated carbocycles. The molecule has 128 valence electrons. The molecule has 24 heavy (non-hydrogen) atoms. The summed E-state index contributed by atoms with van der Waals surface area (Å²) >= 11 is 0. The summed E-state index contributed by atoms with van der Waals surface area (Å²) < 4.78 is 29.4. The molecule has 0 radical (unpaired) electrons. The van der Waals surface area contributed by atoms with Crippen LogP contribution in [-0.4, -0.2) is 26.4 Å². The number of carbonyl (C=O) groups is 1. The molecule has 6 heteroatoms. The van der Waals surface area contributed by atoms with Crippen molar-refractivity contribution in [1.82, 2.24) is 0 Å². The number of hydrogen-bond donors (Lipinski definition) is 0. The molecule has 0 aliphatic heterocycles. The highest BCUT2D eigenvalue weighted by atomic mass is 31.2. The molecule has 2 rings (SSSR count). The maximum absolute atomic E-state index is 13.4. The van der Waals surface area contributed by atoms with Crippen LogP contribution in [0.5, 0.6) is 11.5 Å². The van der Waals surface area contributed by atoms with E-state index in [-0.39, 0.29) is 12.2 Å². The van der Waals surface area contributed by atoms with Crippen molar-refractivity contribution in [3.63, 3.8) is 0 Å². The van der Waals surface area contributed by atoms with E-state index in [1.54, 1.807) is 56.3 Å². The van der Waals surface area contributed by atoms with Gasteiger partial charge in [-0.3, -0.25) is 9.36 Å². The summed E-state index contributed by atoms with van der Waals surface area (Å²) in [4.78, 5) is 13.1. The summed E-state index contributed by atoms with van der Waals surface area (Å²) in [7, 11) is -0.745. The molecular weight excluding hydrogens is 327 g/mol. The minimum absolute atomic E-state index is 0.162. The van der Waals surface area contributed by atoms with E-state index in [4.69, 9.17) is 14.0 Å². The number of methoxy groups -OCH3 is 2. The maximum Gasteiger partial charge on any atom is 0.300 e. The van der Waals surface area contributed by atoms with Crippen LogP contribution in [0.25, 0.3) is 0 Å². The van der Waals surface area contributed by atoms with Crippen LogP contribution in [0.15, 0.2) is 42.5 Å². The third kappa shape index (κ3) is 3.37. The lowest BCUT2D eigenvalue weighted by Crippen LogP contribution is -2.17. The van der Waals surface area contributed by atoms with Crippen LogP contribution in [0.1, 0.15) is 22.8 Å². The lowest BCUT2D eigenvalue weighted by Gasteiger charge is -2.20. The molecule has 0 aliphatic rings. The first-order valence-electron chi connectivity index (χ1n) is 7.55. The van der Waals surface area contributed by atoms with Gasteiger partial charge < -0.3 is 14.0 Å². The molecule has 1 atom stereocenters. The van der Waals surface area contributed by atoms with Gasteiger partial charge in [0.1, 0.15) is 11.5 Å². The Hall–Kier alpha value is -2.10. The van der Waals surface area contributed by atoms with Crippen LogP contribution in [0.3, 0.4) is 0 Å². The number of aryl methyl sites for hydroxylation is 1. The highest BCUT2D eigenvalue weighted by Crippen LogP contribution is 2.51. The van der Waals surface area contributed by atoms with Gasteiger partial charge in [0.2, 0.25) is 0 Å². The quantitative estimate of drug-likeness (QED) is 0.713. The molecular formula is C18H21O5P. The molecule has 0 spiro atoms. The Kier molecular flexibility index (Phi) is 5.81. The van der Waals surface area contributed by atoms with Gasteiger partial charge in [-0.25, -0.2) is 0 Å². The van der Waals surface area contributed by atoms with Gasteiger partial charge in [-0.05, 0) is 37.6 Å². The second-order valence-corrected chi connectivity index (χ2v) is 7.42. The van der Waals surface area contributed by atoms with Crippen molar-refractivity contribution in [2.24, 2.45) is 0 Å². The Morgan fingerprint density at radius 1 is 1.08 bits per heavy atom. The maximum atomic E-state index is 13.4. The van der Waals surface area contributed by atoms with Gasteiger partial charge in [0.15, 0.2) is 0 Å². The molecule has 5 nitrogen and oxygen atoms in total. The second kappa shape index (κ2) is 7.65. The van der Waals surface area contributed by atoms with Crippen LogP contribution < -0.4 is 14.8 Å². The molecule has 0 saturated heterocycles. The number of carbonyl (C=O) groups excluding carboxylic acids is 1. The zero-order chi connectivity index (χ0) is 17.7. The number of hydrogen-bond acceptors (Lipinski definition) is 5. The highest BCUT2D eigenvalue weighted by Gasteiger charge is 2.38. The summed E-state index contributed by atoms with van der Waals surface area (Å²) in [6, 6.07) is 11.8. The van der Waals surface area contributed by atoms with E-state index in [2.05, 4.69) is 0 Å². The van der Waals surface area contributed by atoms with Crippen LogP contribution >= 0.6 is 7.37 Å². The molecule has 1 unspecified atom stereocenters. The SMILES string of the molecule is CCOP(=O)(C(=O)c1c(C)cc(OC)cc1OC)c1ccccc1. The Bertz CT molecular complexity index is 770. The third-order valence-corrected chi connectivity index (χ3v) is 5.97. The minimum Gasteiger partial charge on any atom is -0.497 e. The van der Waals surface area contributed by atoms with Gasteiger partial charge in [0.25, 0.3) is 5.52 Å². The first-order valence-corrected chi connectivity index (χ1v) is 9.18. The minimum atomic E-state index is -3.74. The molecule has 0 bridgehead atoms. The fraction of sp³-hybridized carbons (Fsp3) is 0.278. The van der Waals surface area contributed by atoms with Crippen molar-refractivity contribution >= 4 is 18.2 Å². The first-order chi connectivity index (χ1) is 11.5. The van der Waals surface area contributed by atoms with E-state index in [0.717, 1.165) is 0 Å². The first kappa shape index (κ1) is 18.2. The van der Waals surface area contributed by atoms with Gasteiger partial charge in [-0.15, -0.1) is 0 Å². The lowest BCUT2D eigenvalue weighted by atomic mass is 10.1. The van der Waals surface area contributed by atoms with Crippen molar-refractivity contribution < 1.29 is 23.4 Å². The van der Waals surface area contributed by atoms with Crippen LogP contribution in [0, 0.1) is 6.92 Å². The molecule has 0 aromatic heterocycles. The Morgan fingerprint density at radius 2 is 1.75 bits per heavy atom. The zero-order valence-electron chi connectivity index (χ0n) is 14.2. The molecule has 2 aromatic carbocycles. The predicted molar refractivity (Wildman–Crippen MR) is 93.9 cm³/mol. The zero-order valence-corrected chi connectivity index (χ0v) is 15.1. The summed E-state index contributed by atoms with van der Waals surface area (Å²) in [5.74, 6) is 0.875. The summed E-state index contributed by atoms with van der Waals surface area (Å²) in [5, 5.41) is 0.370. The van der Waals surface area contributed by atoms with E-state index in [1.807, 2.05) is 0 Å². The van der Waals surface area contributed by atoms with Gasteiger partial charge >= 0.3 is 7.37 Å². The van der Waals surface area contributed by atoms with E-state index in [9.17, 15) is 9.36 Å². The molecule has 0 N–H and O–H groups in total. The lowest BCUT2D eigenvalue weighted by molar-refractivity contribution is 0.105. The summed E-state index contributed by atoms with van der Waals surface area (Å²) in [5.41, 5.74) is 0.290. The van der Waals surface area contributed by atoms with Crippen molar-refractivity contribution in [2.75, 3.05) is 20.8 Å². The molecule has 2 aromatic rings. The standard InChI is InChI=1S/C18H21O5P/c1-5-23-24(20,15-9-7-6-8-10-15)18(19)17-13(2)11-14(21-3)12-16(17)22-4/h6-12H,5H2,1-4H3. The van der Waals surface area contributed by atoms with Gasteiger partial charge in [0, 0.05) is 11.4 Å². The van der Waals surface area contributed by atoms with Gasteiger partial charge in [0.05, 0.1) is 26.4 Å². The van der Waals surface area contributed by atoms with Crippen molar-refractivity contribution in [3.05, 3.63) is 53.6 Å². The largest absolute Gasteiger partial charge is 0.497 e. The highest BCUT2D eigenvalue weighted by molar-refractivity contribution is 7.83. The average molecular weight is 348 g/mol. The van der Waals surface area contributed by atoms with Crippen molar-refractivity contribution in [2.45, 2.75) is 13.8 Å². The molecule has 0 aliphatic carbocycles. The smallest absolute Gasteiger partial charge is 0.300 e. The number of benzene rings is 2. The van der Waals surface area contributed by atoms with Gasteiger partial charge in [-0.2, -0.15) is 0 Å². The monoisotopic (exact) mass is 348 g/mol. The Balaban J connectivity index is 2.62. The number of ether oxygens (including phenoxy) is 2. The van der Waals surface area contributed by atoms with Crippen LogP contribution in [0.2, 0.25) is 0 Å². The molecule has 0 amide bonds. The van der Waals surface area contributed by atoms with Gasteiger partial charge in [-0.1, -0.05) is 18.2 Å². The second-order valence-electron chi connectivity index (χ2n) is 5.13. The number of rotatable bonds is 7. The fourth-order valence-electron chi connectivity index (χ4n) is 2.48. The van der Waals surface area contributed by atoms with E-state index in [0.29, 0.717) is 22.4 Å². The molecule has 0 fully saturated rings. The van der Waals surface area contributed by atoms with Crippen LogP contribution in [-0.2, 0) is 9.09 Å². The molecule has 0 heterocycles. The van der Waals surface area contributed by atoms with E-state index < -0.39 is 12.9 Å². The summed E-state index contributed by atoms with van der Waals surface area (Å²) in [6.45, 7) is 3.62. The Morgan fingerprint density at radius 3 is 2.29 bits per heavy atom. The van der Waals surface area contributed by atoms with Crippen molar-refractivity contribution in [1.29, 1.82) is 0 Å². The van der Waals surface area contributed by atoms with E-state index in [1.165, 1.54) is 14.2 Å². The summed E-state index contributed by atoms with van der Waals surface area (Å²) in [6.07, 6.45) is 0. The third-order valence-electron chi connectivity index (χ3n) is 3.62. The van der Waals surface area contributed by atoms with Crippen molar-refractivity contribution in [3.8, 4) is 11.5 Å². The Labute approximate surface area is 142 Å². The fourth-order valence-corrected chi connectivity index (χ4v) is 4.49. The predicted octanol–water partition coefficient (Wildman–Crippen LogP) is 3.79.